The van der Waals surface area contributed by atoms with Gasteiger partial charge in [-0.2, -0.15) is 0 Å². The molecule has 0 aromatic rings. The van der Waals surface area contributed by atoms with Crippen molar-refractivity contribution in [3.8, 4) is 0 Å². The number of aliphatic hydroxyl groups is 2. The van der Waals surface area contributed by atoms with Crippen LogP contribution in [0.2, 0.25) is 0 Å². The molecule has 2 aliphatic rings. The maximum Gasteiger partial charge on any atom is 0.0797 e. The van der Waals surface area contributed by atoms with Gasteiger partial charge in [-0.1, -0.05) is 33.3 Å². The van der Waals surface area contributed by atoms with Crippen LogP contribution in [0, 0.1) is 22.7 Å². The highest BCUT2D eigenvalue weighted by Crippen LogP contribution is 2.63. The number of fused-ring (bicyclic) bond motifs is 1. The van der Waals surface area contributed by atoms with E-state index in [1.807, 2.05) is 13.8 Å². The molecule has 2 heteroatoms. The molecule has 128 valence electrons. The molecule has 2 fully saturated rings. The highest BCUT2D eigenvalue weighted by molar-refractivity contribution is 5.08. The van der Waals surface area contributed by atoms with Crippen LogP contribution in [0.3, 0.4) is 0 Å². The second-order valence-electron chi connectivity index (χ2n) is 9.45. The lowest BCUT2D eigenvalue weighted by Crippen LogP contribution is -2.57. The standard InChI is InChI=1S/C20H36O2/c1-7-18(4,21)13-9-16-19(5)12-8-11-17(2,3)15(19)10-14-20(16,6)22/h7,15-16,21-22H,1,8-14H2,2-6H3/t15-,16+,18-,19-,20-/m1/s1. The molecule has 2 rings (SSSR count). The summed E-state index contributed by atoms with van der Waals surface area (Å²) in [5.41, 5.74) is -0.900. The van der Waals surface area contributed by atoms with Crippen LogP contribution in [0.15, 0.2) is 12.7 Å². The lowest BCUT2D eigenvalue weighted by molar-refractivity contribution is -0.171. The predicted molar refractivity (Wildman–Crippen MR) is 92.6 cm³/mol. The average molecular weight is 309 g/mol. The largest absolute Gasteiger partial charge is 0.390 e. The van der Waals surface area contributed by atoms with E-state index in [0.717, 1.165) is 19.3 Å². The molecular formula is C20H36O2. The minimum Gasteiger partial charge on any atom is -0.390 e. The third-order valence-corrected chi connectivity index (χ3v) is 7.14. The number of rotatable bonds is 4. The van der Waals surface area contributed by atoms with Crippen molar-refractivity contribution in [2.24, 2.45) is 22.7 Å². The Labute approximate surface area is 137 Å². The summed E-state index contributed by atoms with van der Waals surface area (Å²) in [4.78, 5) is 0. The smallest absolute Gasteiger partial charge is 0.0797 e. The Morgan fingerprint density at radius 3 is 2.41 bits per heavy atom. The molecule has 0 heterocycles. The summed E-state index contributed by atoms with van der Waals surface area (Å²) >= 11 is 0. The molecule has 0 spiro atoms. The van der Waals surface area contributed by atoms with Crippen molar-refractivity contribution in [1.29, 1.82) is 0 Å². The maximum absolute atomic E-state index is 11.1. The van der Waals surface area contributed by atoms with Crippen molar-refractivity contribution >= 4 is 0 Å². The summed E-state index contributed by atoms with van der Waals surface area (Å²) in [6.07, 6.45) is 8.96. The quantitative estimate of drug-likeness (QED) is 0.739. The molecule has 0 radical (unpaired) electrons. The minimum absolute atomic E-state index is 0.181. The topological polar surface area (TPSA) is 40.5 Å². The van der Waals surface area contributed by atoms with Crippen molar-refractivity contribution in [2.45, 2.75) is 90.8 Å². The average Bonchev–Trinajstić information content (AvgIpc) is 2.35. The van der Waals surface area contributed by atoms with E-state index < -0.39 is 11.2 Å². The van der Waals surface area contributed by atoms with Crippen molar-refractivity contribution in [3.63, 3.8) is 0 Å². The summed E-state index contributed by atoms with van der Waals surface area (Å²) in [5, 5.41) is 21.4. The highest BCUT2D eigenvalue weighted by atomic mass is 16.3. The molecular weight excluding hydrogens is 272 g/mol. The van der Waals surface area contributed by atoms with Gasteiger partial charge in [0.1, 0.15) is 0 Å². The molecule has 0 aliphatic heterocycles. The summed E-state index contributed by atoms with van der Waals surface area (Å²) in [6, 6.07) is 0. The zero-order chi connectivity index (χ0) is 16.8. The van der Waals surface area contributed by atoms with Gasteiger partial charge >= 0.3 is 0 Å². The molecule has 22 heavy (non-hydrogen) atoms. The van der Waals surface area contributed by atoms with Gasteiger partial charge < -0.3 is 10.2 Å². The van der Waals surface area contributed by atoms with Crippen molar-refractivity contribution in [1.82, 2.24) is 0 Å². The first-order valence-corrected chi connectivity index (χ1v) is 9.03. The molecule has 0 saturated heterocycles. The summed E-state index contributed by atoms with van der Waals surface area (Å²) in [6.45, 7) is 14.8. The molecule has 0 aromatic heterocycles. The Bertz CT molecular complexity index is 421. The van der Waals surface area contributed by atoms with Crippen LogP contribution in [0.5, 0.6) is 0 Å². The first-order chi connectivity index (χ1) is 9.95. The third kappa shape index (κ3) is 3.14. The van der Waals surface area contributed by atoms with E-state index >= 15 is 0 Å². The van der Waals surface area contributed by atoms with Crippen LogP contribution in [0.25, 0.3) is 0 Å². The van der Waals surface area contributed by atoms with Crippen molar-refractivity contribution in [3.05, 3.63) is 12.7 Å². The lowest BCUT2D eigenvalue weighted by atomic mass is 9.45. The van der Waals surface area contributed by atoms with Crippen molar-refractivity contribution in [2.75, 3.05) is 0 Å². The van der Waals surface area contributed by atoms with E-state index in [4.69, 9.17) is 0 Å². The number of hydrogen-bond donors (Lipinski definition) is 2. The van der Waals surface area contributed by atoms with Crippen LogP contribution in [0.1, 0.15) is 79.6 Å². The summed E-state index contributed by atoms with van der Waals surface area (Å²) in [7, 11) is 0. The van der Waals surface area contributed by atoms with Crippen LogP contribution in [0.4, 0.5) is 0 Å². The fraction of sp³-hybridized carbons (Fsp3) is 0.900. The fourth-order valence-electron chi connectivity index (χ4n) is 5.80. The zero-order valence-electron chi connectivity index (χ0n) is 15.3. The van der Waals surface area contributed by atoms with Gasteiger partial charge in [-0.3, -0.25) is 0 Å². The van der Waals surface area contributed by atoms with Crippen LogP contribution in [-0.4, -0.2) is 21.4 Å². The normalized spacial score (nSPS) is 44.0. The molecule has 0 unspecified atom stereocenters. The van der Waals surface area contributed by atoms with Crippen LogP contribution >= 0.6 is 0 Å². The highest BCUT2D eigenvalue weighted by Gasteiger charge is 2.57. The van der Waals surface area contributed by atoms with Gasteiger partial charge in [-0.25, -0.2) is 0 Å². The van der Waals surface area contributed by atoms with E-state index in [1.165, 1.54) is 19.3 Å². The maximum atomic E-state index is 11.1. The van der Waals surface area contributed by atoms with E-state index in [0.29, 0.717) is 17.8 Å². The van der Waals surface area contributed by atoms with Gasteiger partial charge in [0, 0.05) is 0 Å². The second kappa shape index (κ2) is 5.63. The van der Waals surface area contributed by atoms with E-state index in [9.17, 15) is 10.2 Å². The Morgan fingerprint density at radius 1 is 1.18 bits per heavy atom. The lowest BCUT2D eigenvalue weighted by Gasteiger charge is -2.61. The molecule has 0 amide bonds. The summed E-state index contributed by atoms with van der Waals surface area (Å²) < 4.78 is 0. The van der Waals surface area contributed by atoms with Gasteiger partial charge in [-0.05, 0) is 75.0 Å². The Balaban J connectivity index is 2.28. The van der Waals surface area contributed by atoms with Gasteiger partial charge in [-0.15, -0.1) is 6.58 Å². The second-order valence-corrected chi connectivity index (χ2v) is 9.45. The molecule has 0 bridgehead atoms. The van der Waals surface area contributed by atoms with Crippen LogP contribution < -0.4 is 0 Å². The Hall–Kier alpha value is -0.340. The first-order valence-electron chi connectivity index (χ1n) is 9.03. The molecule has 2 saturated carbocycles. The predicted octanol–water partition coefficient (Wildman–Crippen LogP) is 4.70. The van der Waals surface area contributed by atoms with Crippen molar-refractivity contribution < 1.29 is 10.2 Å². The van der Waals surface area contributed by atoms with E-state index in [1.54, 1.807) is 6.08 Å². The zero-order valence-corrected chi connectivity index (χ0v) is 15.3. The molecule has 5 atom stereocenters. The molecule has 2 nitrogen and oxygen atoms in total. The fourth-order valence-corrected chi connectivity index (χ4v) is 5.80. The van der Waals surface area contributed by atoms with Crippen LogP contribution in [-0.2, 0) is 0 Å². The van der Waals surface area contributed by atoms with Gasteiger partial charge in [0.2, 0.25) is 0 Å². The number of hydrogen-bond acceptors (Lipinski definition) is 2. The SMILES string of the molecule is C=C[C@@](C)(O)CC[C@H]1[C@]2(C)CCCC(C)(C)[C@H]2CC[C@@]1(C)O. The van der Waals surface area contributed by atoms with Gasteiger partial charge in [0.15, 0.2) is 0 Å². The molecule has 2 aliphatic carbocycles. The van der Waals surface area contributed by atoms with Gasteiger partial charge in [0.05, 0.1) is 11.2 Å². The third-order valence-electron chi connectivity index (χ3n) is 7.14. The Kier molecular flexibility index (Phi) is 4.61. The minimum atomic E-state index is -0.830. The monoisotopic (exact) mass is 308 g/mol. The first kappa shape index (κ1) is 18.0. The van der Waals surface area contributed by atoms with Gasteiger partial charge in [0.25, 0.3) is 0 Å². The Morgan fingerprint density at radius 2 is 1.82 bits per heavy atom. The van der Waals surface area contributed by atoms with E-state index in [-0.39, 0.29) is 11.3 Å². The summed E-state index contributed by atoms with van der Waals surface area (Å²) in [5.74, 6) is 0.928. The molecule has 2 N–H and O–H groups in total. The molecule has 0 aromatic carbocycles. The van der Waals surface area contributed by atoms with E-state index in [2.05, 4.69) is 27.4 Å².